The molecule has 0 saturated heterocycles. The molecule has 0 aromatic rings. The zero-order valence-corrected chi connectivity index (χ0v) is 7.46. The molecule has 0 rings (SSSR count). The van der Waals surface area contributed by atoms with Gasteiger partial charge in [-0.1, -0.05) is 26.3 Å². The van der Waals surface area contributed by atoms with Gasteiger partial charge in [-0.15, -0.1) is 0 Å². The first-order chi connectivity index (χ1) is 5.20. The molecule has 2 nitrogen and oxygen atoms in total. The highest BCUT2D eigenvalue weighted by molar-refractivity contribution is 5.81. The molecule has 1 unspecified atom stereocenters. The Bertz CT molecular complexity index is 138. The van der Waals surface area contributed by atoms with E-state index in [-0.39, 0.29) is 5.97 Å². The van der Waals surface area contributed by atoms with Crippen LogP contribution in [-0.2, 0) is 9.53 Å². The van der Waals surface area contributed by atoms with Crippen molar-refractivity contribution in [2.24, 2.45) is 5.92 Å². The van der Waals surface area contributed by atoms with Crippen LogP contribution in [0.3, 0.4) is 0 Å². The lowest BCUT2D eigenvalue weighted by Crippen LogP contribution is -1.99. The van der Waals surface area contributed by atoms with Crippen molar-refractivity contribution in [1.82, 2.24) is 0 Å². The topological polar surface area (TPSA) is 26.3 Å². The molecule has 0 N–H and O–H groups in total. The lowest BCUT2D eigenvalue weighted by atomic mass is 10.1. The normalized spacial score (nSPS) is 13.4. The summed E-state index contributed by atoms with van der Waals surface area (Å²) < 4.78 is 4.71. The van der Waals surface area contributed by atoms with Crippen LogP contribution in [-0.4, -0.2) is 12.6 Å². The van der Waals surface area contributed by atoms with Gasteiger partial charge in [0.15, 0.2) is 0 Å². The molecule has 0 aliphatic heterocycles. The van der Waals surface area contributed by atoms with Crippen LogP contribution in [0.4, 0.5) is 0 Å². The van der Waals surface area contributed by atoms with Gasteiger partial charge in [-0.3, -0.25) is 0 Å². The minimum Gasteiger partial charge on any atom is -0.463 e. The summed E-state index contributed by atoms with van der Waals surface area (Å²) in [6.07, 6.45) is 4.42. The van der Waals surface area contributed by atoms with Crippen molar-refractivity contribution in [3.05, 3.63) is 12.2 Å². The Kier molecular flexibility index (Phi) is 5.53. The van der Waals surface area contributed by atoms with Crippen LogP contribution < -0.4 is 0 Å². The van der Waals surface area contributed by atoms with Gasteiger partial charge in [-0.25, -0.2) is 4.79 Å². The molecule has 0 amide bonds. The van der Waals surface area contributed by atoms with E-state index in [2.05, 4.69) is 13.8 Å². The van der Waals surface area contributed by atoms with E-state index in [1.54, 1.807) is 6.92 Å². The summed E-state index contributed by atoms with van der Waals surface area (Å²) in [5.74, 6) is 0.215. The molecule has 0 aliphatic rings. The number of ether oxygens (including phenoxy) is 1. The Balaban J connectivity index is 3.63. The quantitative estimate of drug-likeness (QED) is 0.460. The average molecular weight is 156 g/mol. The molecule has 0 bridgehead atoms. The SMILES string of the molecule is CCOC(=O)/C=C/C(C)CC. The zero-order valence-electron chi connectivity index (χ0n) is 7.46. The molecule has 0 aromatic heterocycles. The third-order valence-corrected chi connectivity index (χ3v) is 1.49. The number of rotatable bonds is 4. The van der Waals surface area contributed by atoms with E-state index in [1.165, 1.54) is 6.08 Å². The maximum atomic E-state index is 10.8. The molecular weight excluding hydrogens is 140 g/mol. The third-order valence-electron chi connectivity index (χ3n) is 1.49. The summed E-state index contributed by atoms with van der Waals surface area (Å²) in [6, 6.07) is 0. The molecule has 64 valence electrons. The Morgan fingerprint density at radius 1 is 1.55 bits per heavy atom. The van der Waals surface area contributed by atoms with E-state index in [0.29, 0.717) is 12.5 Å². The number of hydrogen-bond donors (Lipinski definition) is 0. The van der Waals surface area contributed by atoms with Crippen LogP contribution in [0.1, 0.15) is 27.2 Å². The van der Waals surface area contributed by atoms with E-state index >= 15 is 0 Å². The van der Waals surface area contributed by atoms with Crippen molar-refractivity contribution in [2.45, 2.75) is 27.2 Å². The Morgan fingerprint density at radius 3 is 2.64 bits per heavy atom. The second kappa shape index (κ2) is 5.96. The van der Waals surface area contributed by atoms with Crippen molar-refractivity contribution in [3.63, 3.8) is 0 Å². The van der Waals surface area contributed by atoms with Gasteiger partial charge in [0.25, 0.3) is 0 Å². The third kappa shape index (κ3) is 5.64. The smallest absolute Gasteiger partial charge is 0.330 e. The van der Waals surface area contributed by atoms with Crippen LogP contribution in [0.15, 0.2) is 12.2 Å². The largest absolute Gasteiger partial charge is 0.463 e. The van der Waals surface area contributed by atoms with Crippen LogP contribution >= 0.6 is 0 Å². The van der Waals surface area contributed by atoms with Crippen LogP contribution in [0.25, 0.3) is 0 Å². The van der Waals surface area contributed by atoms with Gasteiger partial charge in [0.1, 0.15) is 0 Å². The number of esters is 1. The molecule has 0 radical (unpaired) electrons. The summed E-state index contributed by atoms with van der Waals surface area (Å²) in [5, 5.41) is 0. The summed E-state index contributed by atoms with van der Waals surface area (Å²) in [6.45, 7) is 6.40. The van der Waals surface area contributed by atoms with Gasteiger partial charge in [0.05, 0.1) is 6.61 Å². The van der Waals surface area contributed by atoms with E-state index in [4.69, 9.17) is 4.74 Å². The lowest BCUT2D eigenvalue weighted by Gasteiger charge is -1.99. The fourth-order valence-electron chi connectivity index (χ4n) is 0.569. The van der Waals surface area contributed by atoms with E-state index in [0.717, 1.165) is 6.42 Å². The minimum atomic E-state index is -0.243. The van der Waals surface area contributed by atoms with E-state index in [1.807, 2.05) is 6.08 Å². The highest BCUT2D eigenvalue weighted by Crippen LogP contribution is 2.01. The van der Waals surface area contributed by atoms with Gasteiger partial charge in [0.2, 0.25) is 0 Å². The summed E-state index contributed by atoms with van der Waals surface area (Å²) in [7, 11) is 0. The number of hydrogen-bond acceptors (Lipinski definition) is 2. The molecule has 0 heterocycles. The number of carbonyl (C=O) groups excluding carboxylic acids is 1. The molecule has 0 aliphatic carbocycles. The van der Waals surface area contributed by atoms with Crippen LogP contribution in [0.5, 0.6) is 0 Å². The predicted molar refractivity (Wildman–Crippen MR) is 45.2 cm³/mol. The van der Waals surface area contributed by atoms with Crippen molar-refractivity contribution < 1.29 is 9.53 Å². The first-order valence-electron chi connectivity index (χ1n) is 4.05. The minimum absolute atomic E-state index is 0.243. The second-order valence-corrected chi connectivity index (χ2v) is 2.50. The Morgan fingerprint density at radius 2 is 2.18 bits per heavy atom. The van der Waals surface area contributed by atoms with Crippen molar-refractivity contribution >= 4 is 5.97 Å². The van der Waals surface area contributed by atoms with Gasteiger partial charge < -0.3 is 4.74 Å². The molecule has 0 fully saturated rings. The number of carbonyl (C=O) groups is 1. The number of allylic oxidation sites excluding steroid dienone is 1. The van der Waals surface area contributed by atoms with Crippen LogP contribution in [0.2, 0.25) is 0 Å². The summed E-state index contributed by atoms with van der Waals surface area (Å²) in [5.41, 5.74) is 0. The molecule has 1 atom stereocenters. The zero-order chi connectivity index (χ0) is 8.69. The molecule has 2 heteroatoms. The van der Waals surface area contributed by atoms with Gasteiger partial charge >= 0.3 is 5.97 Å². The van der Waals surface area contributed by atoms with E-state index < -0.39 is 0 Å². The lowest BCUT2D eigenvalue weighted by molar-refractivity contribution is -0.137. The fourth-order valence-corrected chi connectivity index (χ4v) is 0.569. The van der Waals surface area contributed by atoms with Crippen molar-refractivity contribution in [3.8, 4) is 0 Å². The highest BCUT2D eigenvalue weighted by atomic mass is 16.5. The maximum Gasteiger partial charge on any atom is 0.330 e. The molecule has 11 heavy (non-hydrogen) atoms. The first kappa shape index (κ1) is 10.2. The Labute approximate surface area is 68.2 Å². The van der Waals surface area contributed by atoms with Crippen LogP contribution in [0, 0.1) is 5.92 Å². The summed E-state index contributed by atoms with van der Waals surface area (Å²) in [4.78, 5) is 10.8. The van der Waals surface area contributed by atoms with E-state index in [9.17, 15) is 4.79 Å². The monoisotopic (exact) mass is 156 g/mol. The van der Waals surface area contributed by atoms with Gasteiger partial charge in [0, 0.05) is 6.08 Å². The first-order valence-corrected chi connectivity index (χ1v) is 4.05. The average Bonchev–Trinajstić information content (AvgIpc) is 2.01. The standard InChI is InChI=1S/C9H16O2/c1-4-8(3)6-7-9(10)11-5-2/h6-8H,4-5H2,1-3H3/b7-6+. The van der Waals surface area contributed by atoms with Crippen molar-refractivity contribution in [1.29, 1.82) is 0 Å². The molecule has 0 saturated carbocycles. The van der Waals surface area contributed by atoms with Gasteiger partial charge in [-0.05, 0) is 12.8 Å². The van der Waals surface area contributed by atoms with Gasteiger partial charge in [-0.2, -0.15) is 0 Å². The second-order valence-electron chi connectivity index (χ2n) is 2.50. The Hall–Kier alpha value is -0.790. The molecule has 0 spiro atoms. The maximum absolute atomic E-state index is 10.8. The highest BCUT2D eigenvalue weighted by Gasteiger charge is 1.95. The predicted octanol–water partition coefficient (Wildman–Crippen LogP) is 2.15. The van der Waals surface area contributed by atoms with Crippen molar-refractivity contribution in [2.75, 3.05) is 6.61 Å². The molecule has 0 aromatic carbocycles. The fraction of sp³-hybridized carbons (Fsp3) is 0.667. The summed E-state index contributed by atoms with van der Waals surface area (Å²) >= 11 is 0. The molecular formula is C9H16O2.